The first-order valence-electron chi connectivity index (χ1n) is 27.1. The molecule has 1 fully saturated rings. The molecule has 0 radical (unpaired) electrons. The minimum atomic E-state index is -1.63. The average molecular weight is 946 g/mol. The second-order valence-corrected chi connectivity index (χ2v) is 18.7. The van der Waals surface area contributed by atoms with E-state index >= 15 is 0 Å². The van der Waals surface area contributed by atoms with Gasteiger partial charge in [0.1, 0.15) is 24.4 Å². The highest BCUT2D eigenvalue weighted by Gasteiger charge is 2.47. The highest BCUT2D eigenvalue weighted by Crippen LogP contribution is 2.26. The molecule has 8 atom stereocenters. The van der Waals surface area contributed by atoms with Gasteiger partial charge in [0.15, 0.2) is 12.4 Å². The number of hydrogen-bond acceptors (Lipinski definition) is 10. The SMILES string of the molecule is CC/C=C/C=C/C=C\C=C/CCCCCC(=O)OC1C(OCC(NC(=O)C(O)CCCCCCCCCCCCCC)C(O)/C=C/CCCCCCCCCCCCC)OC(CO)C(O)C1O. The standard InChI is InChI=1S/C56H99NO10/c1-4-7-10-13-16-19-22-25-28-30-33-36-39-42-48(59)47(57-55(64)49(60)43-40-37-34-31-27-24-21-18-15-12-9-6-3)46-65-56-54(53(63)52(62)50(45-58)66-56)67-51(61)44-41-38-35-32-29-26-23-20-17-14-11-8-5-2/h8,11,14,17,20,23,26,29,39,42,47-50,52-54,56,58-60,62-63H,4-7,9-10,12-13,15-16,18-19,21-22,24-25,27-28,30-38,40-41,43-46H2,1-3H3,(H,57,64)/b11-8+,17-14+,23-20-,29-26-,42-39+. The number of esters is 1. The van der Waals surface area contributed by atoms with Crippen LogP contribution < -0.4 is 5.32 Å². The maximum atomic E-state index is 13.3. The van der Waals surface area contributed by atoms with Crippen LogP contribution in [0.25, 0.3) is 0 Å². The van der Waals surface area contributed by atoms with Crippen LogP contribution in [0, 0.1) is 0 Å². The third kappa shape index (κ3) is 33.5. The molecule has 8 unspecified atom stereocenters. The highest BCUT2D eigenvalue weighted by atomic mass is 16.7. The summed E-state index contributed by atoms with van der Waals surface area (Å²) >= 11 is 0. The Morgan fingerprint density at radius 2 is 1.07 bits per heavy atom. The first kappa shape index (κ1) is 62.4. The molecule has 1 aliphatic rings. The van der Waals surface area contributed by atoms with Crippen LogP contribution in [-0.2, 0) is 23.8 Å². The summed E-state index contributed by atoms with van der Waals surface area (Å²) in [7, 11) is 0. The number of allylic oxidation sites excluding steroid dienone is 9. The minimum absolute atomic E-state index is 0.0769. The van der Waals surface area contributed by atoms with Gasteiger partial charge in [0.25, 0.3) is 0 Å². The van der Waals surface area contributed by atoms with Crippen molar-refractivity contribution in [3.8, 4) is 0 Å². The van der Waals surface area contributed by atoms with Crippen molar-refractivity contribution in [2.75, 3.05) is 13.2 Å². The van der Waals surface area contributed by atoms with Gasteiger partial charge < -0.3 is 45.1 Å². The quantitative estimate of drug-likeness (QED) is 0.0149. The van der Waals surface area contributed by atoms with E-state index in [2.05, 4.69) is 38.2 Å². The Bertz CT molecular complexity index is 1320. The second-order valence-electron chi connectivity index (χ2n) is 18.7. The largest absolute Gasteiger partial charge is 0.454 e. The molecule has 6 N–H and O–H groups in total. The third-order valence-electron chi connectivity index (χ3n) is 12.5. The fourth-order valence-electron chi connectivity index (χ4n) is 8.19. The lowest BCUT2D eigenvalue weighted by Gasteiger charge is -2.41. The Morgan fingerprint density at radius 1 is 0.597 bits per heavy atom. The molecule has 388 valence electrons. The number of nitrogens with one attached hydrogen (secondary N) is 1. The van der Waals surface area contributed by atoms with E-state index in [1.165, 1.54) is 109 Å². The van der Waals surface area contributed by atoms with Gasteiger partial charge in [-0.1, -0.05) is 229 Å². The van der Waals surface area contributed by atoms with Gasteiger partial charge in [-0.05, 0) is 44.9 Å². The smallest absolute Gasteiger partial charge is 0.306 e. The maximum absolute atomic E-state index is 13.3. The van der Waals surface area contributed by atoms with E-state index in [0.29, 0.717) is 12.8 Å². The van der Waals surface area contributed by atoms with Gasteiger partial charge in [-0.2, -0.15) is 0 Å². The predicted octanol–water partition coefficient (Wildman–Crippen LogP) is 11.5. The molecule has 67 heavy (non-hydrogen) atoms. The molecule has 0 aromatic carbocycles. The molecule has 0 aromatic rings. The number of unbranched alkanes of at least 4 members (excludes halogenated alkanes) is 25. The topological polar surface area (TPSA) is 175 Å². The summed E-state index contributed by atoms with van der Waals surface area (Å²) in [5.41, 5.74) is 0. The summed E-state index contributed by atoms with van der Waals surface area (Å²) in [6.45, 7) is 5.60. The van der Waals surface area contributed by atoms with E-state index < -0.39 is 67.4 Å². The number of rotatable bonds is 44. The van der Waals surface area contributed by atoms with Crippen LogP contribution in [0.2, 0.25) is 0 Å². The Hall–Kier alpha value is -2.64. The lowest BCUT2D eigenvalue weighted by atomic mass is 9.99. The van der Waals surface area contributed by atoms with Crippen LogP contribution in [0.3, 0.4) is 0 Å². The molecular weight excluding hydrogens is 847 g/mol. The first-order chi connectivity index (χ1) is 32.7. The molecule has 0 aromatic heterocycles. The zero-order valence-corrected chi connectivity index (χ0v) is 42.5. The number of hydrogen-bond donors (Lipinski definition) is 6. The van der Waals surface area contributed by atoms with Crippen LogP contribution in [-0.4, -0.2) is 99.6 Å². The molecule has 1 saturated heterocycles. The number of carbonyl (C=O) groups excluding carboxylic acids is 2. The van der Waals surface area contributed by atoms with E-state index in [9.17, 15) is 35.1 Å². The monoisotopic (exact) mass is 946 g/mol. The number of carbonyl (C=O) groups is 2. The molecule has 1 heterocycles. The van der Waals surface area contributed by atoms with Crippen LogP contribution in [0.5, 0.6) is 0 Å². The molecular formula is C56H99NO10. The summed E-state index contributed by atoms with van der Waals surface area (Å²) in [6.07, 6.45) is 42.7. The van der Waals surface area contributed by atoms with Crippen LogP contribution in [0.15, 0.2) is 60.8 Å². The van der Waals surface area contributed by atoms with Crippen molar-refractivity contribution in [2.24, 2.45) is 0 Å². The fraction of sp³-hybridized carbons (Fsp3) is 0.786. The van der Waals surface area contributed by atoms with Crippen molar-refractivity contribution in [2.45, 2.75) is 269 Å². The Morgan fingerprint density at radius 3 is 1.61 bits per heavy atom. The van der Waals surface area contributed by atoms with E-state index in [1.54, 1.807) is 6.08 Å². The van der Waals surface area contributed by atoms with Crippen LogP contribution in [0.4, 0.5) is 0 Å². The van der Waals surface area contributed by atoms with Gasteiger partial charge in [0.05, 0.1) is 25.4 Å². The van der Waals surface area contributed by atoms with Gasteiger partial charge in [-0.3, -0.25) is 9.59 Å². The third-order valence-corrected chi connectivity index (χ3v) is 12.5. The van der Waals surface area contributed by atoms with E-state index in [-0.39, 0.29) is 19.4 Å². The summed E-state index contributed by atoms with van der Waals surface area (Å²) in [5, 5.41) is 56.6. The van der Waals surface area contributed by atoms with Gasteiger partial charge in [-0.25, -0.2) is 0 Å². The fourth-order valence-corrected chi connectivity index (χ4v) is 8.19. The molecule has 0 bridgehead atoms. The lowest BCUT2D eigenvalue weighted by Crippen LogP contribution is -2.61. The van der Waals surface area contributed by atoms with Gasteiger partial charge in [-0.15, -0.1) is 0 Å². The van der Waals surface area contributed by atoms with E-state index in [4.69, 9.17) is 14.2 Å². The molecule has 1 rings (SSSR count). The van der Waals surface area contributed by atoms with Crippen LogP contribution in [0.1, 0.15) is 220 Å². The van der Waals surface area contributed by atoms with Crippen molar-refractivity contribution in [3.05, 3.63) is 60.8 Å². The summed E-state index contributed by atoms with van der Waals surface area (Å²) in [4.78, 5) is 26.3. The zero-order valence-electron chi connectivity index (χ0n) is 42.5. The summed E-state index contributed by atoms with van der Waals surface area (Å²) in [6, 6.07) is -1.03. The zero-order chi connectivity index (χ0) is 49.0. The Balaban J connectivity index is 2.80. The van der Waals surface area contributed by atoms with Crippen molar-refractivity contribution >= 4 is 11.9 Å². The predicted molar refractivity (Wildman–Crippen MR) is 273 cm³/mol. The number of ether oxygens (including phenoxy) is 3. The number of amides is 1. The van der Waals surface area contributed by atoms with Gasteiger partial charge in [0, 0.05) is 6.42 Å². The second kappa shape index (κ2) is 44.6. The Kier molecular flexibility index (Phi) is 41.5. The normalized spacial score (nSPS) is 20.5. The van der Waals surface area contributed by atoms with Crippen molar-refractivity contribution < 1.29 is 49.3 Å². The van der Waals surface area contributed by atoms with Gasteiger partial charge in [0.2, 0.25) is 5.91 Å². The molecule has 0 aliphatic carbocycles. The van der Waals surface area contributed by atoms with E-state index in [1.807, 2.05) is 42.5 Å². The Labute approximate surface area is 408 Å². The first-order valence-corrected chi connectivity index (χ1v) is 27.1. The molecule has 1 aliphatic heterocycles. The molecule has 11 heteroatoms. The molecule has 11 nitrogen and oxygen atoms in total. The van der Waals surface area contributed by atoms with Crippen molar-refractivity contribution in [3.63, 3.8) is 0 Å². The molecule has 0 spiro atoms. The summed E-state index contributed by atoms with van der Waals surface area (Å²) in [5.74, 6) is -1.24. The number of aliphatic hydroxyl groups excluding tert-OH is 5. The van der Waals surface area contributed by atoms with Crippen molar-refractivity contribution in [1.29, 1.82) is 0 Å². The molecule has 1 amide bonds. The highest BCUT2D eigenvalue weighted by molar-refractivity contribution is 5.80. The van der Waals surface area contributed by atoms with Gasteiger partial charge >= 0.3 is 5.97 Å². The minimum Gasteiger partial charge on any atom is -0.454 e. The lowest BCUT2D eigenvalue weighted by molar-refractivity contribution is -0.305. The average Bonchev–Trinajstić information content (AvgIpc) is 3.32. The van der Waals surface area contributed by atoms with Crippen molar-refractivity contribution in [1.82, 2.24) is 5.32 Å². The molecule has 0 saturated carbocycles. The summed E-state index contributed by atoms with van der Waals surface area (Å²) < 4.78 is 17.5. The maximum Gasteiger partial charge on any atom is 0.306 e. The van der Waals surface area contributed by atoms with E-state index in [0.717, 1.165) is 64.2 Å². The number of aliphatic hydroxyl groups is 5. The van der Waals surface area contributed by atoms with Crippen LogP contribution >= 0.6 is 0 Å².